The molecule has 0 unspecified atom stereocenters. The van der Waals surface area contributed by atoms with E-state index in [1.54, 1.807) is 30.1 Å². The number of nitrogens with zero attached hydrogens (tertiary/aromatic N) is 5. The molecule has 1 N–H and O–H groups in total. The molecule has 1 amide bonds. The minimum atomic E-state index is -3.80. The van der Waals surface area contributed by atoms with Gasteiger partial charge in [-0.15, -0.1) is 0 Å². The molecule has 11 nitrogen and oxygen atoms in total. The Balaban J connectivity index is 0.000000379. The summed E-state index contributed by atoms with van der Waals surface area (Å²) < 4.78 is 36.8. The third-order valence-electron chi connectivity index (χ3n) is 11.7. The number of nitrogens with one attached hydrogen (secondary N) is 1. The van der Waals surface area contributed by atoms with Gasteiger partial charge in [-0.25, -0.2) is 13.1 Å². The highest BCUT2D eigenvalue weighted by molar-refractivity contribution is 7.90. The topological polar surface area (TPSA) is 119 Å². The number of aromatic nitrogens is 3. The van der Waals surface area contributed by atoms with E-state index in [4.69, 9.17) is 4.74 Å². The van der Waals surface area contributed by atoms with Crippen molar-refractivity contribution in [3.8, 4) is 17.0 Å². The van der Waals surface area contributed by atoms with Gasteiger partial charge in [0, 0.05) is 60.3 Å². The first-order valence-corrected chi connectivity index (χ1v) is 22.1. The summed E-state index contributed by atoms with van der Waals surface area (Å²) in [7, 11) is 1.86. The molecule has 2 aromatic carbocycles. The number of rotatable bonds is 13. The lowest BCUT2D eigenvalue weighted by molar-refractivity contribution is 0.0980. The van der Waals surface area contributed by atoms with Crippen molar-refractivity contribution in [2.24, 2.45) is 7.05 Å². The minimum absolute atomic E-state index is 0.270. The number of hydrogen-bond donors (Lipinski definition) is 1. The highest BCUT2D eigenvalue weighted by atomic mass is 32.2. The summed E-state index contributed by atoms with van der Waals surface area (Å²) in [6, 6.07) is 13.5. The predicted octanol–water partition coefficient (Wildman–Crippen LogP) is 8.38. The molecule has 1 aliphatic heterocycles. The van der Waals surface area contributed by atoms with Crippen LogP contribution in [0.4, 0.5) is 0 Å². The zero-order valence-corrected chi connectivity index (χ0v) is 36.7. The van der Waals surface area contributed by atoms with Gasteiger partial charge in [0.1, 0.15) is 5.75 Å². The quantitative estimate of drug-likeness (QED) is 0.134. The van der Waals surface area contributed by atoms with Gasteiger partial charge in [0.15, 0.2) is 6.29 Å². The molecule has 1 fully saturated rings. The Morgan fingerprint density at radius 1 is 0.947 bits per heavy atom. The summed E-state index contributed by atoms with van der Waals surface area (Å²) in [6.07, 6.45) is 10.2. The molecule has 310 valence electrons. The van der Waals surface area contributed by atoms with Gasteiger partial charge in [0.2, 0.25) is 10.0 Å². The maximum Gasteiger partial charge on any atom is 0.264 e. The van der Waals surface area contributed by atoms with Crippen LogP contribution in [0.2, 0.25) is 0 Å². The minimum Gasteiger partial charge on any atom is -0.497 e. The Labute approximate surface area is 340 Å². The van der Waals surface area contributed by atoms with Crippen molar-refractivity contribution in [2.75, 3.05) is 27.2 Å². The van der Waals surface area contributed by atoms with E-state index in [9.17, 15) is 18.0 Å². The molecule has 6 rings (SSSR count). The lowest BCUT2D eigenvalue weighted by Crippen LogP contribution is -2.43. The molecule has 1 aliphatic carbocycles. The summed E-state index contributed by atoms with van der Waals surface area (Å²) >= 11 is 0. The number of allylic oxidation sites excluding steroid dienone is 1. The van der Waals surface area contributed by atoms with Crippen LogP contribution in [0.15, 0.2) is 42.6 Å². The SMILES string of the molecule is CC(C)N(C)CCN(C(C)C)C(C)C.COc1ccc2c(c1)C=C(c1c(C=O)cnn1C)Cn1c-2c(C2CCCCC2)c2ccc(C(=O)NS(=O)(=O)C(C)C)cc21. The van der Waals surface area contributed by atoms with E-state index >= 15 is 0 Å². The van der Waals surface area contributed by atoms with Gasteiger partial charge in [0.05, 0.1) is 42.1 Å². The second-order valence-electron chi connectivity index (χ2n) is 16.8. The first-order valence-electron chi connectivity index (χ1n) is 20.5. The molecule has 0 bridgehead atoms. The molecular formula is C45H64N6O5S. The molecular weight excluding hydrogens is 737 g/mol. The van der Waals surface area contributed by atoms with E-state index in [1.807, 2.05) is 25.2 Å². The number of methoxy groups -OCH3 is 1. The highest BCUT2D eigenvalue weighted by Crippen LogP contribution is 2.48. The molecule has 0 spiro atoms. The molecule has 0 radical (unpaired) electrons. The van der Waals surface area contributed by atoms with Gasteiger partial charge in [0.25, 0.3) is 5.91 Å². The number of amides is 1. The fourth-order valence-corrected chi connectivity index (χ4v) is 8.82. The largest absolute Gasteiger partial charge is 0.497 e. The number of likely N-dealkylation sites (N-methyl/N-ethyl adjacent to an activating group) is 1. The number of hydrogen-bond acceptors (Lipinski definition) is 8. The van der Waals surface area contributed by atoms with Crippen LogP contribution in [-0.4, -0.2) is 95.4 Å². The summed E-state index contributed by atoms with van der Waals surface area (Å²) in [5.41, 5.74) is 7.54. The van der Waals surface area contributed by atoms with Crippen molar-refractivity contribution >= 4 is 44.8 Å². The second-order valence-corrected chi connectivity index (χ2v) is 19.0. The van der Waals surface area contributed by atoms with E-state index in [0.29, 0.717) is 36.2 Å². The van der Waals surface area contributed by atoms with Gasteiger partial charge < -0.3 is 14.2 Å². The smallest absolute Gasteiger partial charge is 0.264 e. The molecule has 0 atom stereocenters. The Hall–Kier alpha value is -4.26. The molecule has 1 saturated carbocycles. The van der Waals surface area contributed by atoms with Crippen LogP contribution < -0.4 is 9.46 Å². The summed E-state index contributed by atoms with van der Waals surface area (Å²) in [5.74, 6) is 0.408. The van der Waals surface area contributed by atoms with E-state index in [1.165, 1.54) is 32.4 Å². The van der Waals surface area contributed by atoms with Gasteiger partial charge in [-0.05, 0) is 134 Å². The fourth-order valence-electron chi connectivity index (χ4n) is 8.21. The molecule has 57 heavy (non-hydrogen) atoms. The van der Waals surface area contributed by atoms with Crippen molar-refractivity contribution in [2.45, 2.75) is 123 Å². The summed E-state index contributed by atoms with van der Waals surface area (Å²) in [4.78, 5) is 30.2. The lowest BCUT2D eigenvalue weighted by Gasteiger charge is -2.33. The number of benzene rings is 2. The van der Waals surface area contributed by atoms with Gasteiger partial charge in [-0.1, -0.05) is 25.3 Å². The Morgan fingerprint density at radius 3 is 2.23 bits per heavy atom. The second kappa shape index (κ2) is 18.6. The highest BCUT2D eigenvalue weighted by Gasteiger charge is 2.31. The first kappa shape index (κ1) is 43.9. The van der Waals surface area contributed by atoms with Crippen molar-refractivity contribution in [1.82, 2.24) is 28.9 Å². The number of carbonyl (C=O) groups is 2. The molecule has 12 heteroatoms. The number of fused-ring (bicyclic) bond motifs is 5. The molecule has 2 aliphatic rings. The number of sulfonamides is 1. The Bertz CT molecular complexity index is 2180. The van der Waals surface area contributed by atoms with Crippen molar-refractivity contribution in [3.05, 3.63) is 70.5 Å². The van der Waals surface area contributed by atoms with E-state index < -0.39 is 21.2 Å². The Kier molecular flexibility index (Phi) is 14.3. The average Bonchev–Trinajstić information content (AvgIpc) is 3.65. The maximum atomic E-state index is 13.2. The maximum absolute atomic E-state index is 13.2. The lowest BCUT2D eigenvalue weighted by atomic mass is 9.81. The van der Waals surface area contributed by atoms with Crippen molar-refractivity contribution in [3.63, 3.8) is 0 Å². The monoisotopic (exact) mass is 800 g/mol. The molecule has 4 aromatic rings. The van der Waals surface area contributed by atoms with Gasteiger partial charge in [-0.2, -0.15) is 5.10 Å². The van der Waals surface area contributed by atoms with Crippen LogP contribution in [0.5, 0.6) is 5.75 Å². The zero-order valence-electron chi connectivity index (χ0n) is 35.9. The van der Waals surface area contributed by atoms with E-state index in [-0.39, 0.29) is 5.56 Å². The van der Waals surface area contributed by atoms with Crippen molar-refractivity contribution < 1.29 is 22.7 Å². The van der Waals surface area contributed by atoms with Gasteiger partial charge >= 0.3 is 0 Å². The first-order chi connectivity index (χ1) is 27.0. The Morgan fingerprint density at radius 2 is 1.63 bits per heavy atom. The zero-order chi connectivity index (χ0) is 41.8. The summed E-state index contributed by atoms with van der Waals surface area (Å²) in [6.45, 7) is 19.4. The van der Waals surface area contributed by atoms with Gasteiger partial charge in [-0.3, -0.25) is 19.2 Å². The third-order valence-corrected chi connectivity index (χ3v) is 13.4. The van der Waals surface area contributed by atoms with Crippen LogP contribution >= 0.6 is 0 Å². The number of carbonyl (C=O) groups excluding carboxylic acids is 2. The third kappa shape index (κ3) is 9.72. The van der Waals surface area contributed by atoms with E-state index in [2.05, 4.69) is 84.9 Å². The number of aryl methyl sites for hydroxylation is 1. The van der Waals surface area contributed by atoms with Crippen molar-refractivity contribution in [1.29, 1.82) is 0 Å². The van der Waals surface area contributed by atoms with Crippen LogP contribution in [-0.2, 0) is 23.6 Å². The number of ether oxygens (including phenoxy) is 1. The molecule has 0 saturated heterocycles. The number of aldehydes is 1. The van der Waals surface area contributed by atoms with Crippen LogP contribution in [0, 0.1) is 0 Å². The van der Waals surface area contributed by atoms with Crippen LogP contribution in [0.25, 0.3) is 33.8 Å². The molecule has 2 aromatic heterocycles. The normalized spacial score (nSPS) is 14.9. The fraction of sp³-hybridized carbons (Fsp3) is 0.533. The predicted molar refractivity (Wildman–Crippen MR) is 232 cm³/mol. The van der Waals surface area contributed by atoms with Crippen LogP contribution in [0.1, 0.15) is 131 Å². The van der Waals surface area contributed by atoms with Crippen LogP contribution in [0.3, 0.4) is 0 Å². The average molecular weight is 801 g/mol. The standard InChI is InChI=1S/C33H36N4O5S.C12H28N2/c1-20(2)43(40,41)35-33(39)22-10-12-28-29(16-22)37-18-24(31-25(19-38)17-34-36(31)3)14-23-15-26(42-4)11-13-27(23)32(37)30(28)21-8-6-5-7-9-21;1-10(2)13(7)8-9-14(11(3)4)12(5)6/h10-17,19-21H,5-9,18H2,1-4H3,(H,35,39);10-12H,8-9H2,1-7H3. The van der Waals surface area contributed by atoms with E-state index in [0.717, 1.165) is 83.3 Å². The molecule has 3 heterocycles. The summed E-state index contributed by atoms with van der Waals surface area (Å²) in [5, 5.41) is 4.68.